The van der Waals surface area contributed by atoms with E-state index in [9.17, 15) is 33.7 Å². The average Bonchev–Trinajstić information content (AvgIpc) is 3.53. The molecule has 4 saturated heterocycles. The third-order valence-electron chi connectivity index (χ3n) is 13.6. The van der Waals surface area contributed by atoms with E-state index in [2.05, 4.69) is 10.3 Å². The van der Waals surface area contributed by atoms with E-state index in [1.807, 2.05) is 6.92 Å². The second-order valence-electron chi connectivity index (χ2n) is 18.4. The highest BCUT2D eigenvalue weighted by Gasteiger charge is 2.55. The van der Waals surface area contributed by atoms with Crippen molar-refractivity contribution < 1.29 is 71.6 Å². The van der Waals surface area contributed by atoms with Gasteiger partial charge in [-0.1, -0.05) is 26.8 Å². The topological polar surface area (TPSA) is 196 Å². The Labute approximate surface area is 363 Å². The number of carbonyl (C=O) groups is 2. The van der Waals surface area contributed by atoms with E-state index in [-0.39, 0.29) is 25.3 Å². The molecule has 0 saturated carbocycles. The quantitative estimate of drug-likeness (QED) is 0.272. The van der Waals surface area contributed by atoms with Crippen LogP contribution in [0.1, 0.15) is 94.9 Å². The number of likely N-dealkylation sites (N-methyl/N-ethyl adjacent to an activating group) is 1. The largest absolute Gasteiger partial charge is 0.459 e. The van der Waals surface area contributed by atoms with Crippen LogP contribution in [-0.2, 0) is 47.5 Å². The van der Waals surface area contributed by atoms with Crippen molar-refractivity contribution in [2.45, 2.75) is 185 Å². The second-order valence-corrected chi connectivity index (χ2v) is 18.4. The van der Waals surface area contributed by atoms with Crippen LogP contribution in [0.2, 0.25) is 0 Å². The lowest BCUT2D eigenvalue weighted by Crippen LogP contribution is -2.60. The number of rotatable bonds is 8. The highest BCUT2D eigenvalue weighted by molar-refractivity contribution is 5.80. The van der Waals surface area contributed by atoms with Crippen LogP contribution in [0.3, 0.4) is 0 Å². The molecule has 1 unspecified atom stereocenters. The van der Waals surface area contributed by atoms with E-state index in [1.54, 1.807) is 67.3 Å². The molecule has 5 rings (SSSR count). The number of benzene rings is 1. The Morgan fingerprint density at radius 2 is 1.55 bits per heavy atom. The third-order valence-corrected chi connectivity index (χ3v) is 13.6. The molecule has 1 amide bonds. The maximum atomic E-state index is 14.8. The molecule has 1 aromatic carbocycles. The van der Waals surface area contributed by atoms with E-state index in [4.69, 9.17) is 37.9 Å². The molecule has 0 aromatic heterocycles. The van der Waals surface area contributed by atoms with Gasteiger partial charge in [-0.3, -0.25) is 9.59 Å². The molecule has 4 heterocycles. The maximum absolute atomic E-state index is 14.8. The highest BCUT2D eigenvalue weighted by Crippen LogP contribution is 2.42. The molecule has 0 spiro atoms. The molecular formula is C44H69F2N3O13. The van der Waals surface area contributed by atoms with Gasteiger partial charge in [0, 0.05) is 39.5 Å². The van der Waals surface area contributed by atoms with Gasteiger partial charge in [0.15, 0.2) is 30.3 Å². The molecule has 18 atom stereocenters. The van der Waals surface area contributed by atoms with Gasteiger partial charge in [-0.15, -0.1) is 0 Å². The molecule has 18 heteroatoms. The first kappa shape index (κ1) is 49.9. The Kier molecular flexibility index (Phi) is 15.8. The van der Waals surface area contributed by atoms with Gasteiger partial charge in [0.2, 0.25) is 5.91 Å². The molecule has 352 valence electrons. The predicted molar refractivity (Wildman–Crippen MR) is 221 cm³/mol. The number of methoxy groups -OCH3 is 2. The van der Waals surface area contributed by atoms with Crippen molar-refractivity contribution in [2.75, 3.05) is 21.3 Å². The molecule has 16 nitrogen and oxygen atoms in total. The number of carbonyl (C=O) groups excluding carboxylic acids is 2. The summed E-state index contributed by atoms with van der Waals surface area (Å²) in [4.78, 5) is 34.3. The van der Waals surface area contributed by atoms with Crippen LogP contribution in [0.25, 0.3) is 0 Å². The minimum absolute atomic E-state index is 0.0357. The number of fused-ring (bicyclic) bond motifs is 1. The van der Waals surface area contributed by atoms with Gasteiger partial charge >= 0.3 is 5.97 Å². The molecular weight excluding hydrogens is 816 g/mol. The van der Waals surface area contributed by atoms with Gasteiger partial charge in [-0.25, -0.2) is 8.78 Å². The smallest absolute Gasteiger partial charge is 0.311 e. The number of hydrogen-bond acceptors (Lipinski definition) is 14. The summed E-state index contributed by atoms with van der Waals surface area (Å²) in [6, 6.07) is 2.01. The number of hydrogen-bond donors (Lipinski definition) is 4. The number of nitrogens with zero attached hydrogens (tertiary/aromatic N) is 2. The zero-order valence-electron chi connectivity index (χ0n) is 38.3. The molecule has 4 N–H and O–H groups in total. The van der Waals surface area contributed by atoms with Crippen molar-refractivity contribution in [3.63, 3.8) is 0 Å². The van der Waals surface area contributed by atoms with Crippen LogP contribution in [0, 0.1) is 29.4 Å². The van der Waals surface area contributed by atoms with Crippen molar-refractivity contribution >= 4 is 23.6 Å². The standard InChI is InChI=1S/C44H69F2N3O13/c1-14-30-44(10,54)35(50)25(6)47-38(52)21(2)19-43(9,56-13)37(23(4)33(24(5)39(53)59-30)60-31-20-42(8,55-12)36(51)26(7)58-31)62-40-34-29(18-22(3)57-40)49(11)41(61-34)48-32-27(45)16-15-17-28(32)46/h15-17,21-26,29-31,33-37,40,50-51,54H,14,18-20H2,1-13H3,(H,47,52)/t21-,22-,23+,24-,25-,26+,29+,30?,31+,33+,34-,35-,36+,37-,40+,42-,43-,44-/m1/s1. The number of amidine groups is 1. The van der Waals surface area contributed by atoms with Crippen LogP contribution >= 0.6 is 0 Å². The Morgan fingerprint density at radius 3 is 2.15 bits per heavy atom. The van der Waals surface area contributed by atoms with Gasteiger partial charge in [0.25, 0.3) is 6.02 Å². The fourth-order valence-electron chi connectivity index (χ4n) is 9.55. The Bertz CT molecular complexity index is 1740. The first-order valence-corrected chi connectivity index (χ1v) is 21.7. The van der Waals surface area contributed by atoms with Crippen LogP contribution in [-0.4, -0.2) is 150 Å². The minimum Gasteiger partial charge on any atom is -0.459 e. The van der Waals surface area contributed by atoms with Gasteiger partial charge in [0.05, 0.1) is 53.6 Å². The van der Waals surface area contributed by atoms with Gasteiger partial charge < -0.3 is 63.4 Å². The molecule has 0 radical (unpaired) electrons. The number of aliphatic hydroxyl groups excluding tert-OH is 2. The number of para-hydroxylation sites is 1. The molecule has 1 aromatic rings. The SMILES string of the molecule is CCC1OC(=O)[C@H](C)[C@@H](O[C@H]2C[C@@](C)(OC)[C@@H](O)[C@H](C)O2)[C@H](C)[C@@H](O[C@@H]2O[C@H](C)C[C@H]3[C@H]2OC(=Nc2c(F)cccc2F)N3C)[C@](C)(OC)C[C@@H](C)C(=O)N[C@H](C)[C@@H](O)[C@]1(C)O. The summed E-state index contributed by atoms with van der Waals surface area (Å²) >= 11 is 0. The summed E-state index contributed by atoms with van der Waals surface area (Å²) in [6.45, 7) is 16.8. The molecule has 0 bridgehead atoms. The molecule has 0 aliphatic carbocycles. The second kappa shape index (κ2) is 19.6. The van der Waals surface area contributed by atoms with Gasteiger partial charge in [0.1, 0.15) is 29.6 Å². The van der Waals surface area contributed by atoms with Crippen molar-refractivity contribution in [1.29, 1.82) is 0 Å². The lowest BCUT2D eigenvalue weighted by molar-refractivity contribution is -0.315. The van der Waals surface area contributed by atoms with Gasteiger partial charge in [-0.05, 0) is 79.9 Å². The molecule has 62 heavy (non-hydrogen) atoms. The zero-order valence-corrected chi connectivity index (χ0v) is 38.3. The summed E-state index contributed by atoms with van der Waals surface area (Å²) in [5, 5.41) is 37.0. The normalized spacial score (nSPS) is 44.5. The van der Waals surface area contributed by atoms with Crippen LogP contribution in [0.5, 0.6) is 0 Å². The van der Waals surface area contributed by atoms with Crippen LogP contribution in [0.4, 0.5) is 14.5 Å². The summed E-state index contributed by atoms with van der Waals surface area (Å²) in [5.74, 6) is -5.64. The first-order chi connectivity index (χ1) is 28.9. The van der Waals surface area contributed by atoms with Crippen molar-refractivity contribution in [1.82, 2.24) is 10.2 Å². The number of nitrogens with one attached hydrogen (secondary N) is 1. The number of halogens is 2. The fourth-order valence-corrected chi connectivity index (χ4v) is 9.55. The number of aliphatic hydroxyl groups is 3. The monoisotopic (exact) mass is 885 g/mol. The predicted octanol–water partition coefficient (Wildman–Crippen LogP) is 4.11. The van der Waals surface area contributed by atoms with E-state index in [1.165, 1.54) is 27.2 Å². The Balaban J connectivity index is 1.62. The maximum Gasteiger partial charge on any atom is 0.311 e. The summed E-state index contributed by atoms with van der Waals surface area (Å²) in [7, 11) is 4.66. The zero-order chi connectivity index (χ0) is 46.2. The van der Waals surface area contributed by atoms with Crippen LogP contribution < -0.4 is 5.32 Å². The molecule has 4 aliphatic rings. The summed E-state index contributed by atoms with van der Waals surface area (Å²) in [6.07, 6.45) is -9.48. The van der Waals surface area contributed by atoms with Crippen molar-refractivity contribution in [2.24, 2.45) is 22.7 Å². The third kappa shape index (κ3) is 10.1. The fraction of sp³-hybridized carbons (Fsp3) is 0.795. The lowest BCUT2D eigenvalue weighted by atomic mass is 9.77. The summed E-state index contributed by atoms with van der Waals surface area (Å²) in [5.41, 5.74) is -4.95. The van der Waals surface area contributed by atoms with E-state index < -0.39 is 137 Å². The number of aliphatic imine (C=N–C) groups is 1. The summed E-state index contributed by atoms with van der Waals surface area (Å²) < 4.78 is 80.6. The lowest BCUT2D eigenvalue weighted by Gasteiger charge is -2.49. The van der Waals surface area contributed by atoms with Crippen molar-refractivity contribution in [3.8, 4) is 0 Å². The number of amides is 1. The first-order valence-electron chi connectivity index (χ1n) is 21.7. The van der Waals surface area contributed by atoms with Crippen LogP contribution in [0.15, 0.2) is 23.2 Å². The average molecular weight is 886 g/mol. The Morgan fingerprint density at radius 1 is 0.919 bits per heavy atom. The van der Waals surface area contributed by atoms with Crippen molar-refractivity contribution in [3.05, 3.63) is 29.8 Å². The molecule has 4 aliphatic heterocycles. The Hall–Kier alpha value is -3.07. The van der Waals surface area contributed by atoms with Gasteiger partial charge in [-0.2, -0.15) is 4.99 Å². The van der Waals surface area contributed by atoms with E-state index >= 15 is 0 Å². The highest BCUT2D eigenvalue weighted by atomic mass is 19.1. The van der Waals surface area contributed by atoms with E-state index in [0.717, 1.165) is 12.1 Å². The minimum atomic E-state index is -1.99. The number of ether oxygens (including phenoxy) is 8. The number of esters is 1. The number of cyclic esters (lactones) is 1. The molecule has 4 fully saturated rings. The van der Waals surface area contributed by atoms with E-state index in [0.29, 0.717) is 6.42 Å².